The van der Waals surface area contributed by atoms with E-state index in [1.54, 1.807) is 0 Å². The summed E-state index contributed by atoms with van der Waals surface area (Å²) in [5.41, 5.74) is 1.48. The van der Waals surface area contributed by atoms with Gasteiger partial charge < -0.3 is 5.32 Å². The molecule has 2 aromatic rings. The zero-order valence-corrected chi connectivity index (χ0v) is 12.2. The van der Waals surface area contributed by atoms with Gasteiger partial charge in [-0.15, -0.1) is 0 Å². The lowest BCUT2D eigenvalue weighted by atomic mass is 9.98. The van der Waals surface area contributed by atoms with Gasteiger partial charge in [-0.1, -0.05) is 56.3 Å². The number of nitrogens with one attached hydrogen (secondary N) is 1. The molecule has 1 heteroatoms. The molecule has 0 saturated carbocycles. The van der Waals surface area contributed by atoms with E-state index < -0.39 is 0 Å². The van der Waals surface area contributed by atoms with Crippen LogP contribution >= 0.6 is 0 Å². The molecular weight excluding hydrogens is 230 g/mol. The zero-order chi connectivity index (χ0) is 13.5. The Morgan fingerprint density at radius 2 is 1.79 bits per heavy atom. The van der Waals surface area contributed by atoms with Gasteiger partial charge in [0, 0.05) is 6.04 Å². The number of fused-ring (bicyclic) bond motifs is 1. The summed E-state index contributed by atoms with van der Waals surface area (Å²) >= 11 is 0. The number of hydrogen-bond donors (Lipinski definition) is 1. The minimum atomic E-state index is 0.652. The Kier molecular flexibility index (Phi) is 5.41. The fourth-order valence-electron chi connectivity index (χ4n) is 2.64. The van der Waals surface area contributed by atoms with Gasteiger partial charge in [-0.25, -0.2) is 0 Å². The molecule has 0 heterocycles. The van der Waals surface area contributed by atoms with E-state index in [2.05, 4.69) is 61.6 Å². The lowest BCUT2D eigenvalue weighted by molar-refractivity contribution is 0.469. The summed E-state index contributed by atoms with van der Waals surface area (Å²) in [6.07, 6.45) is 4.82. The minimum Gasteiger partial charge on any atom is -0.314 e. The van der Waals surface area contributed by atoms with Crippen LogP contribution in [0.3, 0.4) is 0 Å². The maximum Gasteiger partial charge on any atom is 0.00676 e. The Labute approximate surface area is 117 Å². The maximum absolute atomic E-state index is 3.64. The SMILES string of the molecule is CCCNC(CC)CCc1cccc2ccccc12. The zero-order valence-electron chi connectivity index (χ0n) is 12.2. The second-order valence-electron chi connectivity index (χ2n) is 5.24. The van der Waals surface area contributed by atoms with Crippen LogP contribution in [0, 0.1) is 0 Å². The Bertz CT molecular complexity index is 499. The molecule has 0 aliphatic rings. The molecule has 0 bridgehead atoms. The molecule has 2 aromatic carbocycles. The predicted molar refractivity (Wildman–Crippen MR) is 84.6 cm³/mol. The van der Waals surface area contributed by atoms with Gasteiger partial charge in [-0.3, -0.25) is 0 Å². The second-order valence-corrected chi connectivity index (χ2v) is 5.24. The van der Waals surface area contributed by atoms with Crippen LogP contribution in [0.4, 0.5) is 0 Å². The van der Waals surface area contributed by atoms with Crippen molar-refractivity contribution < 1.29 is 0 Å². The molecule has 0 radical (unpaired) electrons. The van der Waals surface area contributed by atoms with Crippen molar-refractivity contribution in [1.29, 1.82) is 0 Å². The second kappa shape index (κ2) is 7.30. The van der Waals surface area contributed by atoms with E-state index in [-0.39, 0.29) is 0 Å². The summed E-state index contributed by atoms with van der Waals surface area (Å²) in [5.74, 6) is 0. The van der Waals surface area contributed by atoms with Crippen molar-refractivity contribution in [3.05, 3.63) is 48.0 Å². The maximum atomic E-state index is 3.64. The van der Waals surface area contributed by atoms with Crippen molar-refractivity contribution in [3.8, 4) is 0 Å². The summed E-state index contributed by atoms with van der Waals surface area (Å²) < 4.78 is 0. The summed E-state index contributed by atoms with van der Waals surface area (Å²) in [4.78, 5) is 0. The normalized spacial score (nSPS) is 12.7. The van der Waals surface area contributed by atoms with E-state index in [4.69, 9.17) is 0 Å². The first kappa shape index (κ1) is 14.1. The largest absolute Gasteiger partial charge is 0.314 e. The van der Waals surface area contributed by atoms with Crippen LogP contribution < -0.4 is 5.32 Å². The molecule has 1 N–H and O–H groups in total. The van der Waals surface area contributed by atoms with Crippen LogP contribution in [-0.4, -0.2) is 12.6 Å². The summed E-state index contributed by atoms with van der Waals surface area (Å²) in [6, 6.07) is 16.0. The van der Waals surface area contributed by atoms with E-state index in [1.807, 2.05) is 0 Å². The van der Waals surface area contributed by atoms with Gasteiger partial charge in [0.25, 0.3) is 0 Å². The average Bonchev–Trinajstić information content (AvgIpc) is 2.47. The third kappa shape index (κ3) is 3.81. The molecule has 1 atom stereocenters. The topological polar surface area (TPSA) is 12.0 Å². The number of benzene rings is 2. The Balaban J connectivity index is 2.04. The Hall–Kier alpha value is -1.34. The van der Waals surface area contributed by atoms with E-state index in [9.17, 15) is 0 Å². The third-order valence-electron chi connectivity index (χ3n) is 3.82. The molecule has 1 unspecified atom stereocenters. The summed E-state index contributed by atoms with van der Waals surface area (Å²) in [5, 5.41) is 6.41. The van der Waals surface area contributed by atoms with Crippen LogP contribution in [0.1, 0.15) is 38.7 Å². The van der Waals surface area contributed by atoms with Crippen molar-refractivity contribution in [3.63, 3.8) is 0 Å². The fraction of sp³-hybridized carbons (Fsp3) is 0.444. The van der Waals surface area contributed by atoms with Gasteiger partial charge in [0.1, 0.15) is 0 Å². The van der Waals surface area contributed by atoms with E-state index in [0.717, 1.165) is 13.0 Å². The molecule has 19 heavy (non-hydrogen) atoms. The highest BCUT2D eigenvalue weighted by atomic mass is 14.9. The summed E-state index contributed by atoms with van der Waals surface area (Å²) in [6.45, 7) is 5.63. The smallest absolute Gasteiger partial charge is 0.00676 e. The minimum absolute atomic E-state index is 0.652. The average molecular weight is 255 g/mol. The Morgan fingerprint density at radius 3 is 2.58 bits per heavy atom. The molecule has 0 amide bonds. The molecule has 0 saturated heterocycles. The number of hydrogen-bond acceptors (Lipinski definition) is 1. The predicted octanol–water partition coefficient (Wildman–Crippen LogP) is 4.55. The van der Waals surface area contributed by atoms with Crippen LogP contribution in [0.2, 0.25) is 0 Å². The van der Waals surface area contributed by atoms with Crippen molar-refractivity contribution >= 4 is 10.8 Å². The molecule has 0 aliphatic carbocycles. The molecule has 0 spiro atoms. The van der Waals surface area contributed by atoms with Crippen LogP contribution in [-0.2, 0) is 6.42 Å². The van der Waals surface area contributed by atoms with E-state index >= 15 is 0 Å². The highest BCUT2D eigenvalue weighted by molar-refractivity contribution is 5.85. The van der Waals surface area contributed by atoms with Crippen LogP contribution in [0.5, 0.6) is 0 Å². The van der Waals surface area contributed by atoms with Gasteiger partial charge >= 0.3 is 0 Å². The van der Waals surface area contributed by atoms with Crippen LogP contribution in [0.25, 0.3) is 10.8 Å². The van der Waals surface area contributed by atoms with Gasteiger partial charge in [0.2, 0.25) is 0 Å². The van der Waals surface area contributed by atoms with Crippen molar-refractivity contribution in [2.45, 2.75) is 45.6 Å². The van der Waals surface area contributed by atoms with Crippen molar-refractivity contribution in [2.75, 3.05) is 6.54 Å². The van der Waals surface area contributed by atoms with Crippen LogP contribution in [0.15, 0.2) is 42.5 Å². The van der Waals surface area contributed by atoms with E-state index in [0.29, 0.717) is 6.04 Å². The molecular formula is C18H25N. The van der Waals surface area contributed by atoms with Gasteiger partial charge in [0.05, 0.1) is 0 Å². The molecule has 0 fully saturated rings. The number of aryl methyl sites for hydroxylation is 1. The monoisotopic (exact) mass is 255 g/mol. The quantitative estimate of drug-likeness (QED) is 0.765. The molecule has 102 valence electrons. The fourth-order valence-corrected chi connectivity index (χ4v) is 2.64. The van der Waals surface area contributed by atoms with Crippen molar-refractivity contribution in [1.82, 2.24) is 5.32 Å². The van der Waals surface area contributed by atoms with Gasteiger partial charge in [-0.2, -0.15) is 0 Å². The molecule has 2 rings (SSSR count). The lowest BCUT2D eigenvalue weighted by Gasteiger charge is -2.17. The van der Waals surface area contributed by atoms with Gasteiger partial charge in [-0.05, 0) is 48.6 Å². The number of rotatable bonds is 7. The molecule has 0 aliphatic heterocycles. The van der Waals surface area contributed by atoms with Crippen molar-refractivity contribution in [2.24, 2.45) is 0 Å². The molecule has 1 nitrogen and oxygen atoms in total. The molecule has 0 aromatic heterocycles. The summed E-state index contributed by atoms with van der Waals surface area (Å²) in [7, 11) is 0. The Morgan fingerprint density at radius 1 is 1.00 bits per heavy atom. The lowest BCUT2D eigenvalue weighted by Crippen LogP contribution is -2.29. The first-order chi connectivity index (χ1) is 9.35. The first-order valence-corrected chi connectivity index (χ1v) is 7.55. The van der Waals surface area contributed by atoms with E-state index in [1.165, 1.54) is 35.6 Å². The highest BCUT2D eigenvalue weighted by Crippen LogP contribution is 2.20. The highest BCUT2D eigenvalue weighted by Gasteiger charge is 2.06. The standard InChI is InChI=1S/C18H25N/c1-3-14-19-17(4-2)13-12-16-10-7-9-15-8-5-6-11-18(15)16/h5-11,17,19H,3-4,12-14H2,1-2H3. The van der Waals surface area contributed by atoms with Gasteiger partial charge in [0.15, 0.2) is 0 Å². The first-order valence-electron chi connectivity index (χ1n) is 7.55. The third-order valence-corrected chi connectivity index (χ3v) is 3.82.